The zero-order valence-corrected chi connectivity index (χ0v) is 15.1. The molecule has 1 amide bonds. The van der Waals surface area contributed by atoms with Crippen LogP contribution in [0.3, 0.4) is 0 Å². The number of nitrogens with zero attached hydrogens (tertiary/aromatic N) is 2. The fourth-order valence-corrected chi connectivity index (χ4v) is 4.23. The maximum atomic E-state index is 13.0. The Bertz CT molecular complexity index is 697. The Morgan fingerprint density at radius 1 is 1.29 bits per heavy atom. The predicted molar refractivity (Wildman–Crippen MR) is 97.2 cm³/mol. The van der Waals surface area contributed by atoms with E-state index in [4.69, 9.17) is 0 Å². The van der Waals surface area contributed by atoms with Crippen LogP contribution in [0.4, 0.5) is 0 Å². The highest BCUT2D eigenvalue weighted by molar-refractivity contribution is 7.15. The monoisotopic (exact) mass is 344 g/mol. The first-order valence-electron chi connectivity index (χ1n) is 8.51. The van der Waals surface area contributed by atoms with Gasteiger partial charge >= 0.3 is 0 Å². The number of benzene rings is 1. The van der Waals surface area contributed by atoms with Crippen molar-refractivity contribution >= 4 is 17.2 Å². The quantitative estimate of drug-likeness (QED) is 0.919. The molecule has 0 radical (unpaired) electrons. The third-order valence-electron chi connectivity index (χ3n) is 5.17. The Morgan fingerprint density at radius 2 is 1.96 bits per heavy atom. The first-order chi connectivity index (χ1) is 11.6. The Balaban J connectivity index is 1.82. The van der Waals surface area contributed by atoms with E-state index >= 15 is 0 Å². The average Bonchev–Trinajstić information content (AvgIpc) is 3.04. The van der Waals surface area contributed by atoms with E-state index < -0.39 is 0 Å². The first-order valence-corrected chi connectivity index (χ1v) is 9.33. The number of thiazole rings is 1. The average molecular weight is 344 g/mol. The summed E-state index contributed by atoms with van der Waals surface area (Å²) in [4.78, 5) is 20.4. The largest absolute Gasteiger partial charge is 0.396 e. The molecule has 1 saturated heterocycles. The van der Waals surface area contributed by atoms with Crippen molar-refractivity contribution in [2.24, 2.45) is 5.41 Å². The summed E-state index contributed by atoms with van der Waals surface area (Å²) in [7, 11) is 0. The number of aromatic nitrogens is 1. The highest BCUT2D eigenvalue weighted by Gasteiger charge is 2.35. The van der Waals surface area contributed by atoms with Gasteiger partial charge in [0.15, 0.2) is 0 Å². The van der Waals surface area contributed by atoms with E-state index in [9.17, 15) is 9.90 Å². The van der Waals surface area contributed by atoms with Crippen molar-refractivity contribution in [1.82, 2.24) is 9.88 Å². The topological polar surface area (TPSA) is 53.4 Å². The van der Waals surface area contributed by atoms with E-state index in [1.165, 1.54) is 0 Å². The number of likely N-dealkylation sites (tertiary alicyclic amines) is 1. The van der Waals surface area contributed by atoms with Crippen LogP contribution in [0.1, 0.15) is 41.7 Å². The van der Waals surface area contributed by atoms with Gasteiger partial charge in [0.25, 0.3) is 5.91 Å². The molecule has 0 atom stereocenters. The number of aryl methyl sites for hydroxylation is 1. The lowest BCUT2D eigenvalue weighted by Gasteiger charge is -2.40. The molecule has 0 saturated carbocycles. The zero-order valence-electron chi connectivity index (χ0n) is 14.3. The van der Waals surface area contributed by atoms with Gasteiger partial charge in [0.1, 0.15) is 5.69 Å². The van der Waals surface area contributed by atoms with Crippen LogP contribution in [0.2, 0.25) is 0 Å². The van der Waals surface area contributed by atoms with Gasteiger partial charge in [-0.1, -0.05) is 37.3 Å². The van der Waals surface area contributed by atoms with Gasteiger partial charge in [-0.15, -0.1) is 11.3 Å². The Kier molecular flexibility index (Phi) is 5.01. The van der Waals surface area contributed by atoms with Crippen molar-refractivity contribution in [2.45, 2.75) is 33.1 Å². The third-order valence-corrected chi connectivity index (χ3v) is 6.19. The number of carbonyl (C=O) groups excluding carboxylic acids is 1. The Morgan fingerprint density at radius 3 is 2.54 bits per heavy atom. The Hall–Kier alpha value is -1.72. The molecule has 2 aromatic rings. The normalized spacial score (nSPS) is 17.0. The van der Waals surface area contributed by atoms with Crippen molar-refractivity contribution in [2.75, 3.05) is 19.7 Å². The van der Waals surface area contributed by atoms with E-state index in [0.717, 1.165) is 34.7 Å². The number of hydrogen-bond acceptors (Lipinski definition) is 4. The Labute approximate surface area is 147 Å². The molecule has 0 aliphatic carbocycles. The van der Waals surface area contributed by atoms with Crippen LogP contribution in [0, 0.1) is 12.3 Å². The maximum Gasteiger partial charge on any atom is 0.273 e. The molecule has 2 heterocycles. The maximum absolute atomic E-state index is 13.0. The number of amides is 1. The van der Waals surface area contributed by atoms with Gasteiger partial charge in [0.05, 0.1) is 9.88 Å². The summed E-state index contributed by atoms with van der Waals surface area (Å²) in [5, 5.41) is 10.6. The van der Waals surface area contributed by atoms with Crippen LogP contribution < -0.4 is 0 Å². The summed E-state index contributed by atoms with van der Waals surface area (Å²) < 4.78 is 0. The van der Waals surface area contributed by atoms with Crippen LogP contribution in [-0.2, 0) is 0 Å². The van der Waals surface area contributed by atoms with Gasteiger partial charge < -0.3 is 10.0 Å². The number of aliphatic hydroxyl groups excluding tert-OH is 1. The van der Waals surface area contributed by atoms with E-state index in [2.05, 4.69) is 11.9 Å². The van der Waals surface area contributed by atoms with Crippen molar-refractivity contribution in [3.63, 3.8) is 0 Å². The molecule has 4 nitrogen and oxygen atoms in total. The molecule has 24 heavy (non-hydrogen) atoms. The second kappa shape index (κ2) is 7.03. The second-order valence-electron chi connectivity index (χ2n) is 6.58. The molecule has 0 unspecified atom stereocenters. The smallest absolute Gasteiger partial charge is 0.273 e. The molecule has 5 heteroatoms. The number of carbonyl (C=O) groups is 1. The minimum Gasteiger partial charge on any atom is -0.396 e. The van der Waals surface area contributed by atoms with Crippen LogP contribution in [-0.4, -0.2) is 40.6 Å². The van der Waals surface area contributed by atoms with Crippen LogP contribution in [0.25, 0.3) is 10.4 Å². The molecule has 1 N–H and O–H groups in total. The summed E-state index contributed by atoms with van der Waals surface area (Å²) in [6.07, 6.45) is 2.67. The zero-order chi connectivity index (χ0) is 17.2. The minimum absolute atomic E-state index is 0.0147. The van der Waals surface area contributed by atoms with Gasteiger partial charge in [-0.25, -0.2) is 4.98 Å². The van der Waals surface area contributed by atoms with E-state index in [0.29, 0.717) is 18.8 Å². The fraction of sp³-hybridized carbons (Fsp3) is 0.474. The van der Waals surface area contributed by atoms with Gasteiger partial charge in [-0.2, -0.15) is 0 Å². The van der Waals surface area contributed by atoms with Crippen LogP contribution in [0.15, 0.2) is 30.3 Å². The molecule has 0 bridgehead atoms. The molecule has 0 spiro atoms. The number of rotatable bonds is 4. The molecular weight excluding hydrogens is 320 g/mol. The SMILES string of the molecule is CCC1(CO)CCN(C(=O)c2nc(C)sc2-c2ccccc2)CC1. The standard InChI is InChI=1S/C19H24N2O2S/c1-3-19(13-22)9-11-21(12-10-19)18(23)16-17(24-14(2)20-16)15-7-5-4-6-8-15/h4-8,22H,3,9-13H2,1-2H3. The molecule has 1 aromatic carbocycles. The molecular formula is C19H24N2O2S. The highest BCUT2D eigenvalue weighted by Crippen LogP contribution is 2.36. The van der Waals surface area contributed by atoms with E-state index in [-0.39, 0.29) is 17.9 Å². The lowest BCUT2D eigenvalue weighted by molar-refractivity contribution is 0.0335. The molecule has 128 valence electrons. The van der Waals surface area contributed by atoms with Gasteiger partial charge in [0.2, 0.25) is 0 Å². The summed E-state index contributed by atoms with van der Waals surface area (Å²) in [6, 6.07) is 9.98. The van der Waals surface area contributed by atoms with Crippen LogP contribution in [0.5, 0.6) is 0 Å². The summed E-state index contributed by atoms with van der Waals surface area (Å²) in [5.74, 6) is 0.0147. The molecule has 3 rings (SSSR count). The summed E-state index contributed by atoms with van der Waals surface area (Å²) >= 11 is 1.57. The van der Waals surface area contributed by atoms with Crippen molar-refractivity contribution < 1.29 is 9.90 Å². The molecule has 1 fully saturated rings. The molecule has 1 aromatic heterocycles. The van der Waals surface area contributed by atoms with Crippen LogP contribution >= 0.6 is 11.3 Å². The van der Waals surface area contributed by atoms with Gasteiger partial charge in [-0.05, 0) is 37.2 Å². The number of hydrogen-bond donors (Lipinski definition) is 1. The second-order valence-corrected chi connectivity index (χ2v) is 7.78. The number of piperidine rings is 1. The van der Waals surface area contributed by atoms with Gasteiger partial charge in [0, 0.05) is 19.7 Å². The lowest BCUT2D eigenvalue weighted by Crippen LogP contribution is -2.44. The lowest BCUT2D eigenvalue weighted by atomic mass is 9.77. The predicted octanol–water partition coefficient (Wildman–Crippen LogP) is 3.74. The number of aliphatic hydroxyl groups is 1. The summed E-state index contributed by atoms with van der Waals surface area (Å²) in [5.41, 5.74) is 1.59. The first kappa shape index (κ1) is 17.1. The van der Waals surface area contributed by atoms with Crippen molar-refractivity contribution in [3.05, 3.63) is 41.0 Å². The van der Waals surface area contributed by atoms with Crippen molar-refractivity contribution in [1.29, 1.82) is 0 Å². The fourth-order valence-electron chi connectivity index (χ4n) is 3.31. The van der Waals surface area contributed by atoms with Gasteiger partial charge in [-0.3, -0.25) is 4.79 Å². The third kappa shape index (κ3) is 3.23. The highest BCUT2D eigenvalue weighted by atomic mass is 32.1. The van der Waals surface area contributed by atoms with E-state index in [1.807, 2.05) is 42.2 Å². The minimum atomic E-state index is -0.0168. The summed E-state index contributed by atoms with van der Waals surface area (Å²) in [6.45, 7) is 5.65. The van der Waals surface area contributed by atoms with Crippen molar-refractivity contribution in [3.8, 4) is 10.4 Å². The molecule has 1 aliphatic heterocycles. The van der Waals surface area contributed by atoms with E-state index in [1.54, 1.807) is 11.3 Å². The molecule has 1 aliphatic rings.